The zero-order valence-corrected chi connectivity index (χ0v) is 12.0. The molecule has 118 valence electrons. The Labute approximate surface area is 122 Å². The van der Waals surface area contributed by atoms with Crippen molar-refractivity contribution < 1.29 is 17.6 Å². The molecular formula is C15H20F4N2. The lowest BCUT2D eigenvalue weighted by atomic mass is 10.0. The maximum atomic E-state index is 13.4. The number of piperidine rings is 1. The third-order valence-corrected chi connectivity index (χ3v) is 3.86. The Bertz CT molecular complexity index is 467. The Morgan fingerprint density at radius 3 is 2.62 bits per heavy atom. The number of hydrogen-bond donors (Lipinski definition) is 1. The van der Waals surface area contributed by atoms with Gasteiger partial charge in [0, 0.05) is 19.1 Å². The third kappa shape index (κ3) is 4.41. The number of rotatable bonds is 4. The first-order chi connectivity index (χ1) is 9.90. The van der Waals surface area contributed by atoms with Crippen LogP contribution in [0.2, 0.25) is 0 Å². The summed E-state index contributed by atoms with van der Waals surface area (Å²) in [6.45, 7) is 4.84. The van der Waals surface area contributed by atoms with E-state index in [1.54, 1.807) is 0 Å². The van der Waals surface area contributed by atoms with Crippen LogP contribution in [0.5, 0.6) is 0 Å². The van der Waals surface area contributed by atoms with Gasteiger partial charge in [0.05, 0.1) is 5.56 Å². The minimum absolute atomic E-state index is 0.293. The summed E-state index contributed by atoms with van der Waals surface area (Å²) in [6.07, 6.45) is -2.44. The molecule has 21 heavy (non-hydrogen) atoms. The first-order valence-corrected chi connectivity index (χ1v) is 7.21. The van der Waals surface area contributed by atoms with Crippen LogP contribution in [0.3, 0.4) is 0 Å². The molecule has 1 N–H and O–H groups in total. The fourth-order valence-electron chi connectivity index (χ4n) is 2.78. The smallest absolute Gasteiger partial charge is 0.315 e. The van der Waals surface area contributed by atoms with Crippen molar-refractivity contribution >= 4 is 0 Å². The lowest BCUT2D eigenvalue weighted by molar-refractivity contribution is -0.137. The summed E-state index contributed by atoms with van der Waals surface area (Å²) < 4.78 is 51.6. The van der Waals surface area contributed by atoms with Gasteiger partial charge in [0.2, 0.25) is 0 Å². The van der Waals surface area contributed by atoms with E-state index in [-0.39, 0.29) is 0 Å². The van der Waals surface area contributed by atoms with Crippen LogP contribution in [-0.4, -0.2) is 30.6 Å². The SMILES string of the molecule is CCN(Cc1cc(F)cc(C(F)(F)F)c1)C1CCCNC1. The highest BCUT2D eigenvalue weighted by Gasteiger charge is 2.31. The molecule has 0 amide bonds. The molecule has 1 unspecified atom stereocenters. The largest absolute Gasteiger partial charge is 0.416 e. The second-order valence-corrected chi connectivity index (χ2v) is 5.41. The minimum Gasteiger partial charge on any atom is -0.315 e. The normalized spacial score (nSPS) is 20.0. The number of halogens is 4. The van der Waals surface area contributed by atoms with Gasteiger partial charge in [-0.2, -0.15) is 13.2 Å². The molecule has 0 spiro atoms. The van der Waals surface area contributed by atoms with Crippen molar-refractivity contribution in [1.29, 1.82) is 0 Å². The number of hydrogen-bond acceptors (Lipinski definition) is 2. The summed E-state index contributed by atoms with van der Waals surface area (Å²) >= 11 is 0. The van der Waals surface area contributed by atoms with Gasteiger partial charge in [-0.25, -0.2) is 4.39 Å². The van der Waals surface area contributed by atoms with Gasteiger partial charge < -0.3 is 5.32 Å². The van der Waals surface area contributed by atoms with Gasteiger partial charge in [-0.05, 0) is 49.7 Å². The maximum Gasteiger partial charge on any atom is 0.416 e. The first-order valence-electron chi connectivity index (χ1n) is 7.21. The van der Waals surface area contributed by atoms with E-state index in [9.17, 15) is 17.6 Å². The number of benzene rings is 1. The Hall–Kier alpha value is -1.14. The van der Waals surface area contributed by atoms with Gasteiger partial charge >= 0.3 is 6.18 Å². The summed E-state index contributed by atoms with van der Waals surface area (Å²) in [6, 6.07) is 3.07. The summed E-state index contributed by atoms with van der Waals surface area (Å²) in [5, 5.41) is 3.29. The van der Waals surface area contributed by atoms with Crippen molar-refractivity contribution in [2.45, 2.75) is 38.5 Å². The van der Waals surface area contributed by atoms with Gasteiger partial charge in [-0.3, -0.25) is 4.90 Å². The second-order valence-electron chi connectivity index (χ2n) is 5.41. The van der Waals surface area contributed by atoms with Crippen molar-refractivity contribution in [3.63, 3.8) is 0 Å². The van der Waals surface area contributed by atoms with Crippen LogP contribution in [0.4, 0.5) is 17.6 Å². The summed E-state index contributed by atoms with van der Waals surface area (Å²) in [4.78, 5) is 2.10. The molecule has 1 aliphatic rings. The Kier molecular flexibility index (Phi) is 5.22. The molecule has 1 fully saturated rings. The third-order valence-electron chi connectivity index (χ3n) is 3.86. The number of alkyl halides is 3. The van der Waals surface area contributed by atoms with Gasteiger partial charge in [-0.1, -0.05) is 6.92 Å². The number of likely N-dealkylation sites (N-methyl/N-ethyl adjacent to an activating group) is 1. The topological polar surface area (TPSA) is 15.3 Å². The Morgan fingerprint density at radius 1 is 1.29 bits per heavy atom. The van der Waals surface area contributed by atoms with Crippen LogP contribution in [-0.2, 0) is 12.7 Å². The highest BCUT2D eigenvalue weighted by atomic mass is 19.4. The molecule has 0 radical (unpaired) electrons. The zero-order valence-electron chi connectivity index (χ0n) is 12.0. The quantitative estimate of drug-likeness (QED) is 0.858. The van der Waals surface area contributed by atoms with Crippen molar-refractivity contribution in [3.05, 3.63) is 35.1 Å². The molecule has 0 aliphatic carbocycles. The maximum absolute atomic E-state index is 13.4. The first kappa shape index (κ1) is 16.2. The molecule has 1 aromatic carbocycles. The molecule has 1 saturated heterocycles. The lowest BCUT2D eigenvalue weighted by Crippen LogP contribution is -2.45. The molecule has 1 atom stereocenters. The van der Waals surface area contributed by atoms with E-state index >= 15 is 0 Å². The van der Waals surface area contributed by atoms with E-state index < -0.39 is 17.6 Å². The molecule has 0 bridgehead atoms. The Morgan fingerprint density at radius 2 is 2.05 bits per heavy atom. The van der Waals surface area contributed by atoms with E-state index in [2.05, 4.69) is 10.2 Å². The summed E-state index contributed by atoms with van der Waals surface area (Å²) in [5.41, 5.74) is -0.551. The van der Waals surface area contributed by atoms with E-state index in [1.165, 1.54) is 6.07 Å². The van der Waals surface area contributed by atoms with E-state index in [0.717, 1.165) is 38.5 Å². The second kappa shape index (κ2) is 6.75. The average Bonchev–Trinajstić information content (AvgIpc) is 2.44. The van der Waals surface area contributed by atoms with Crippen LogP contribution in [0.25, 0.3) is 0 Å². The van der Waals surface area contributed by atoms with E-state index in [0.29, 0.717) is 24.2 Å². The zero-order chi connectivity index (χ0) is 15.5. The van der Waals surface area contributed by atoms with E-state index in [4.69, 9.17) is 0 Å². The molecule has 1 heterocycles. The molecule has 1 aromatic rings. The average molecular weight is 304 g/mol. The monoisotopic (exact) mass is 304 g/mol. The molecule has 2 rings (SSSR count). The van der Waals surface area contributed by atoms with Crippen LogP contribution < -0.4 is 5.32 Å². The van der Waals surface area contributed by atoms with Gasteiger partial charge in [-0.15, -0.1) is 0 Å². The fourth-order valence-corrected chi connectivity index (χ4v) is 2.78. The van der Waals surface area contributed by atoms with Crippen LogP contribution in [0, 0.1) is 5.82 Å². The van der Waals surface area contributed by atoms with Crippen LogP contribution >= 0.6 is 0 Å². The van der Waals surface area contributed by atoms with Crippen molar-refractivity contribution in [2.75, 3.05) is 19.6 Å². The predicted octanol–water partition coefficient (Wildman–Crippen LogP) is 3.42. The van der Waals surface area contributed by atoms with E-state index in [1.807, 2.05) is 6.92 Å². The molecule has 2 nitrogen and oxygen atoms in total. The standard InChI is InChI=1S/C15H20F4N2/c1-2-21(14-4-3-5-20-9-14)10-11-6-12(15(17,18)19)8-13(16)7-11/h6-8,14,20H,2-5,9-10H2,1H3. The van der Waals surface area contributed by atoms with Gasteiger partial charge in [0.25, 0.3) is 0 Å². The van der Waals surface area contributed by atoms with Crippen LogP contribution in [0.1, 0.15) is 30.9 Å². The predicted molar refractivity (Wildman–Crippen MR) is 73.4 cm³/mol. The number of nitrogens with one attached hydrogen (secondary N) is 1. The van der Waals surface area contributed by atoms with Crippen molar-refractivity contribution in [2.24, 2.45) is 0 Å². The lowest BCUT2D eigenvalue weighted by Gasteiger charge is -2.34. The minimum atomic E-state index is -4.51. The van der Waals surface area contributed by atoms with Gasteiger partial charge in [0.15, 0.2) is 0 Å². The highest BCUT2D eigenvalue weighted by molar-refractivity contribution is 5.27. The molecule has 6 heteroatoms. The summed E-state index contributed by atoms with van der Waals surface area (Å²) in [7, 11) is 0. The highest BCUT2D eigenvalue weighted by Crippen LogP contribution is 2.30. The molecule has 0 aromatic heterocycles. The van der Waals surface area contributed by atoms with Crippen molar-refractivity contribution in [3.8, 4) is 0 Å². The molecular weight excluding hydrogens is 284 g/mol. The van der Waals surface area contributed by atoms with Crippen molar-refractivity contribution in [1.82, 2.24) is 10.2 Å². The summed E-state index contributed by atoms with van der Waals surface area (Å²) in [5.74, 6) is -0.836. The Balaban J connectivity index is 2.15. The fraction of sp³-hybridized carbons (Fsp3) is 0.600. The number of nitrogens with zero attached hydrogens (tertiary/aromatic N) is 1. The van der Waals surface area contributed by atoms with Crippen LogP contribution in [0.15, 0.2) is 18.2 Å². The molecule has 0 saturated carbocycles. The van der Waals surface area contributed by atoms with Gasteiger partial charge in [0.1, 0.15) is 5.82 Å². The molecule has 1 aliphatic heterocycles.